The van der Waals surface area contributed by atoms with Gasteiger partial charge in [-0.2, -0.15) is 0 Å². The molecule has 0 saturated heterocycles. The normalized spacial score (nSPS) is 12.1. The molecule has 0 saturated carbocycles. The van der Waals surface area contributed by atoms with Crippen molar-refractivity contribution in [1.29, 1.82) is 0 Å². The molecule has 11 heteroatoms. The van der Waals surface area contributed by atoms with Gasteiger partial charge in [0.25, 0.3) is 0 Å². The number of benzene rings is 2. The van der Waals surface area contributed by atoms with Crippen LogP contribution in [-0.2, 0) is 26.2 Å². The third-order valence-corrected chi connectivity index (χ3v) is 6.91. The fraction of sp³-hybridized carbons (Fsp3) is 0.417. The van der Waals surface area contributed by atoms with E-state index in [1.54, 1.807) is 49.4 Å². The molecule has 0 aliphatic carbocycles. The minimum absolute atomic E-state index is 0.00354. The summed E-state index contributed by atoms with van der Waals surface area (Å²) in [6, 6.07) is 10.4. The first-order valence-corrected chi connectivity index (χ1v) is 13.8. The standard InChI is InChI=1S/C24H31Cl2N3O5S/c1-5-13-27-24(31)17(3)28(15-18-7-8-19(25)14-22(18)26)23(30)16-29(35(4,32)33)20-9-11-21(12-10-20)34-6-2/h7-12,14,17H,5-6,13,15-16H2,1-4H3,(H,27,31)/t17-/m0/s1. The van der Waals surface area contributed by atoms with E-state index in [1.807, 2.05) is 13.8 Å². The number of rotatable bonds is 12. The van der Waals surface area contributed by atoms with Crippen molar-refractivity contribution in [2.45, 2.75) is 39.8 Å². The molecule has 192 valence electrons. The van der Waals surface area contributed by atoms with Gasteiger partial charge < -0.3 is 15.0 Å². The average molecular weight is 545 g/mol. The SMILES string of the molecule is CCCNC(=O)[C@H](C)N(Cc1ccc(Cl)cc1Cl)C(=O)CN(c1ccc(OCC)cc1)S(C)(=O)=O. The van der Waals surface area contributed by atoms with E-state index in [9.17, 15) is 18.0 Å². The lowest BCUT2D eigenvalue weighted by molar-refractivity contribution is -0.139. The summed E-state index contributed by atoms with van der Waals surface area (Å²) in [5.74, 6) is -0.331. The Morgan fingerprint density at radius 3 is 2.29 bits per heavy atom. The van der Waals surface area contributed by atoms with Crippen LogP contribution in [-0.4, -0.2) is 57.1 Å². The molecule has 0 fully saturated rings. The quantitative estimate of drug-likeness (QED) is 0.434. The van der Waals surface area contributed by atoms with Crippen molar-refractivity contribution < 1.29 is 22.7 Å². The zero-order valence-corrected chi connectivity index (χ0v) is 22.6. The van der Waals surface area contributed by atoms with Crippen LogP contribution < -0.4 is 14.4 Å². The van der Waals surface area contributed by atoms with Crippen LogP contribution in [0.2, 0.25) is 10.0 Å². The van der Waals surface area contributed by atoms with Gasteiger partial charge in [0.1, 0.15) is 18.3 Å². The minimum Gasteiger partial charge on any atom is -0.494 e. The van der Waals surface area contributed by atoms with E-state index >= 15 is 0 Å². The molecule has 0 aliphatic rings. The highest BCUT2D eigenvalue weighted by Gasteiger charge is 2.30. The predicted molar refractivity (Wildman–Crippen MR) is 140 cm³/mol. The summed E-state index contributed by atoms with van der Waals surface area (Å²) in [6.07, 6.45) is 1.75. The van der Waals surface area contributed by atoms with E-state index in [-0.39, 0.29) is 12.5 Å². The number of nitrogens with one attached hydrogen (secondary N) is 1. The second kappa shape index (κ2) is 13.0. The third kappa shape index (κ3) is 8.30. The lowest BCUT2D eigenvalue weighted by Gasteiger charge is -2.31. The number of nitrogens with zero attached hydrogens (tertiary/aromatic N) is 2. The highest BCUT2D eigenvalue weighted by Crippen LogP contribution is 2.25. The maximum atomic E-state index is 13.5. The number of carbonyl (C=O) groups excluding carboxylic acids is 2. The van der Waals surface area contributed by atoms with Crippen LogP contribution in [0.25, 0.3) is 0 Å². The molecule has 0 aliphatic heterocycles. The third-order valence-electron chi connectivity index (χ3n) is 5.19. The first-order valence-electron chi connectivity index (χ1n) is 11.2. The molecule has 0 aromatic heterocycles. The maximum absolute atomic E-state index is 13.5. The highest BCUT2D eigenvalue weighted by atomic mass is 35.5. The smallest absolute Gasteiger partial charge is 0.244 e. The molecule has 2 amide bonds. The summed E-state index contributed by atoms with van der Waals surface area (Å²) in [6.45, 7) is 5.77. The number of sulfonamides is 1. The highest BCUT2D eigenvalue weighted by molar-refractivity contribution is 7.92. The largest absolute Gasteiger partial charge is 0.494 e. The van der Waals surface area contributed by atoms with Gasteiger partial charge in [0.05, 0.1) is 18.6 Å². The second-order valence-electron chi connectivity index (χ2n) is 7.92. The summed E-state index contributed by atoms with van der Waals surface area (Å²) in [4.78, 5) is 27.5. The zero-order chi connectivity index (χ0) is 26.2. The van der Waals surface area contributed by atoms with Gasteiger partial charge in [-0.15, -0.1) is 0 Å². The van der Waals surface area contributed by atoms with Crippen LogP contribution in [0.5, 0.6) is 5.75 Å². The molecular formula is C24H31Cl2N3O5S. The molecule has 0 spiro atoms. The molecule has 8 nitrogen and oxygen atoms in total. The van der Waals surface area contributed by atoms with Crippen molar-refractivity contribution in [2.75, 3.05) is 30.3 Å². The zero-order valence-electron chi connectivity index (χ0n) is 20.3. The van der Waals surface area contributed by atoms with Crippen molar-refractivity contribution in [3.63, 3.8) is 0 Å². The van der Waals surface area contributed by atoms with Crippen LogP contribution in [0.15, 0.2) is 42.5 Å². The van der Waals surface area contributed by atoms with Crippen molar-refractivity contribution >= 4 is 50.7 Å². The predicted octanol–water partition coefficient (Wildman–Crippen LogP) is 4.10. The first kappa shape index (κ1) is 28.7. The number of ether oxygens (including phenoxy) is 1. The van der Waals surface area contributed by atoms with E-state index in [4.69, 9.17) is 27.9 Å². The van der Waals surface area contributed by atoms with Gasteiger partial charge in [0, 0.05) is 23.1 Å². The van der Waals surface area contributed by atoms with Crippen molar-refractivity contribution in [3.05, 3.63) is 58.1 Å². The molecule has 35 heavy (non-hydrogen) atoms. The van der Waals surface area contributed by atoms with Crippen LogP contribution in [0.3, 0.4) is 0 Å². The molecule has 1 N–H and O–H groups in total. The van der Waals surface area contributed by atoms with E-state index in [0.717, 1.165) is 17.0 Å². The Morgan fingerprint density at radius 2 is 1.74 bits per heavy atom. The van der Waals surface area contributed by atoms with Crippen molar-refractivity contribution in [2.24, 2.45) is 0 Å². The van der Waals surface area contributed by atoms with Gasteiger partial charge in [-0.3, -0.25) is 13.9 Å². The Labute approximate surface area is 217 Å². The molecule has 0 bridgehead atoms. The van der Waals surface area contributed by atoms with Gasteiger partial charge >= 0.3 is 0 Å². The van der Waals surface area contributed by atoms with Gasteiger partial charge in [-0.25, -0.2) is 8.42 Å². The van der Waals surface area contributed by atoms with Crippen molar-refractivity contribution in [1.82, 2.24) is 10.2 Å². The number of hydrogen-bond donors (Lipinski definition) is 1. The van der Waals surface area contributed by atoms with E-state index < -0.39 is 28.5 Å². The van der Waals surface area contributed by atoms with Crippen LogP contribution in [0, 0.1) is 0 Å². The number of halogens is 2. The summed E-state index contributed by atoms with van der Waals surface area (Å²) in [5, 5.41) is 3.55. The Hall–Kier alpha value is -2.49. The average Bonchev–Trinajstić information content (AvgIpc) is 2.80. The molecule has 2 aromatic rings. The minimum atomic E-state index is -3.82. The molecular weight excluding hydrogens is 513 g/mol. The molecule has 0 heterocycles. The molecule has 0 unspecified atom stereocenters. The van der Waals surface area contributed by atoms with Crippen LogP contribution in [0.4, 0.5) is 5.69 Å². The fourth-order valence-corrected chi connectivity index (χ4v) is 4.62. The Bertz CT molecular complexity index is 1130. The number of hydrogen-bond acceptors (Lipinski definition) is 5. The Balaban J connectivity index is 2.38. The summed E-state index contributed by atoms with van der Waals surface area (Å²) < 4.78 is 31.6. The number of carbonyl (C=O) groups is 2. The molecule has 0 radical (unpaired) electrons. The molecule has 2 rings (SSSR count). The molecule has 2 aromatic carbocycles. The van der Waals surface area contributed by atoms with Gasteiger partial charge in [-0.05, 0) is 62.2 Å². The Kier molecular flexibility index (Phi) is 10.7. The summed E-state index contributed by atoms with van der Waals surface area (Å²) in [7, 11) is -3.82. The fourth-order valence-electron chi connectivity index (χ4n) is 3.30. The summed E-state index contributed by atoms with van der Waals surface area (Å²) >= 11 is 12.3. The van der Waals surface area contributed by atoms with E-state index in [2.05, 4.69) is 5.32 Å². The van der Waals surface area contributed by atoms with Gasteiger partial charge in [0.15, 0.2) is 0 Å². The Morgan fingerprint density at radius 1 is 1.09 bits per heavy atom. The van der Waals surface area contributed by atoms with Gasteiger partial charge in [-0.1, -0.05) is 36.2 Å². The van der Waals surface area contributed by atoms with E-state index in [1.165, 1.54) is 4.90 Å². The topological polar surface area (TPSA) is 96.0 Å². The lowest BCUT2D eigenvalue weighted by Crippen LogP contribution is -2.51. The summed E-state index contributed by atoms with van der Waals surface area (Å²) in [5.41, 5.74) is 0.878. The van der Waals surface area contributed by atoms with Crippen LogP contribution >= 0.6 is 23.2 Å². The monoisotopic (exact) mass is 543 g/mol. The van der Waals surface area contributed by atoms with E-state index in [0.29, 0.717) is 40.2 Å². The maximum Gasteiger partial charge on any atom is 0.244 e. The lowest BCUT2D eigenvalue weighted by atomic mass is 10.1. The second-order valence-corrected chi connectivity index (χ2v) is 10.7. The number of anilines is 1. The first-order chi connectivity index (χ1) is 16.5. The van der Waals surface area contributed by atoms with Gasteiger partial charge in [0.2, 0.25) is 21.8 Å². The van der Waals surface area contributed by atoms with Crippen LogP contribution in [0.1, 0.15) is 32.8 Å². The number of amides is 2. The molecule has 1 atom stereocenters. The van der Waals surface area contributed by atoms with Crippen molar-refractivity contribution in [3.8, 4) is 5.75 Å².